The van der Waals surface area contributed by atoms with Crippen LogP contribution in [0.4, 0.5) is 17.5 Å². The summed E-state index contributed by atoms with van der Waals surface area (Å²) in [6.07, 6.45) is 3.87. The number of aliphatic hydroxyl groups is 1. The van der Waals surface area contributed by atoms with Gasteiger partial charge in [-0.2, -0.15) is 5.10 Å². The van der Waals surface area contributed by atoms with Gasteiger partial charge in [0.2, 0.25) is 0 Å². The second-order valence-corrected chi connectivity index (χ2v) is 7.29. The molecule has 28 heavy (non-hydrogen) atoms. The maximum atomic E-state index is 11.4. The zero-order valence-electron chi connectivity index (χ0n) is 15.9. The highest BCUT2D eigenvalue weighted by Crippen LogP contribution is 2.38. The number of hydrogen-bond donors (Lipinski definition) is 4. The number of aromatic amines is 1. The van der Waals surface area contributed by atoms with Gasteiger partial charge in [0.25, 0.3) is 0 Å². The summed E-state index contributed by atoms with van der Waals surface area (Å²) >= 11 is 0. The van der Waals surface area contributed by atoms with E-state index in [1.807, 2.05) is 6.07 Å². The molecule has 150 valence electrons. The largest absolute Gasteiger partial charge is 0.385 e. The van der Waals surface area contributed by atoms with Crippen molar-refractivity contribution < 1.29 is 14.6 Å². The minimum atomic E-state index is -1.05. The molecule has 1 unspecified atom stereocenters. The number of rotatable bonds is 5. The van der Waals surface area contributed by atoms with Gasteiger partial charge in [0.1, 0.15) is 17.5 Å². The van der Waals surface area contributed by atoms with Gasteiger partial charge in [-0.25, -0.2) is 4.98 Å². The molecular weight excluding hydrogens is 360 g/mol. The fourth-order valence-corrected chi connectivity index (χ4v) is 3.81. The Kier molecular flexibility index (Phi) is 5.29. The van der Waals surface area contributed by atoms with E-state index in [0.29, 0.717) is 62.0 Å². The van der Waals surface area contributed by atoms with Crippen LogP contribution in [0.25, 0.3) is 0 Å². The highest BCUT2D eigenvalue weighted by Gasteiger charge is 2.36. The Morgan fingerprint density at radius 3 is 2.86 bits per heavy atom. The number of H-pyrrole nitrogens is 1. The van der Waals surface area contributed by atoms with Crippen LogP contribution in [0.1, 0.15) is 30.9 Å². The molecule has 0 amide bonds. The first-order valence-electron chi connectivity index (χ1n) is 9.57. The first kappa shape index (κ1) is 18.9. The molecule has 4 rings (SSSR count). The lowest BCUT2D eigenvalue weighted by Gasteiger charge is -2.37. The van der Waals surface area contributed by atoms with Gasteiger partial charge in [-0.15, -0.1) is 0 Å². The molecule has 2 aromatic heterocycles. The van der Waals surface area contributed by atoms with E-state index in [1.165, 1.54) is 6.21 Å². The molecule has 4 heterocycles. The molecule has 0 saturated carbocycles. The predicted octanol–water partition coefficient (Wildman–Crippen LogP) is 1.77. The minimum Gasteiger partial charge on any atom is -0.385 e. The molecule has 0 radical (unpaired) electrons. The van der Waals surface area contributed by atoms with Gasteiger partial charge >= 0.3 is 0 Å². The van der Waals surface area contributed by atoms with Crippen LogP contribution in [0.3, 0.4) is 0 Å². The van der Waals surface area contributed by atoms with E-state index in [0.717, 1.165) is 12.4 Å². The predicted molar refractivity (Wildman–Crippen MR) is 106 cm³/mol. The molecular formula is C19H26N6O3. The van der Waals surface area contributed by atoms with Gasteiger partial charge in [0.05, 0.1) is 31.1 Å². The molecule has 2 aliphatic rings. The van der Waals surface area contributed by atoms with Crippen LogP contribution >= 0.6 is 0 Å². The summed E-state index contributed by atoms with van der Waals surface area (Å²) in [5.41, 5.74) is 0.225. The lowest BCUT2D eigenvalue weighted by Crippen LogP contribution is -2.44. The van der Waals surface area contributed by atoms with Gasteiger partial charge < -0.3 is 30.2 Å². The Bertz CT molecular complexity index is 819. The number of pyridine rings is 1. The molecule has 2 saturated heterocycles. The summed E-state index contributed by atoms with van der Waals surface area (Å²) < 4.78 is 11.0. The summed E-state index contributed by atoms with van der Waals surface area (Å²) in [5.74, 6) is 1.95. The van der Waals surface area contributed by atoms with Crippen LogP contribution in [-0.2, 0) is 15.1 Å². The lowest BCUT2D eigenvalue weighted by molar-refractivity contribution is -0.0679. The van der Waals surface area contributed by atoms with Crippen LogP contribution in [0.5, 0.6) is 0 Å². The summed E-state index contributed by atoms with van der Waals surface area (Å²) in [4.78, 5) is 6.98. The quantitative estimate of drug-likeness (QED) is 0.578. The van der Waals surface area contributed by atoms with Crippen molar-refractivity contribution >= 4 is 23.7 Å². The van der Waals surface area contributed by atoms with Crippen LogP contribution in [-0.4, -0.2) is 65.5 Å². The van der Waals surface area contributed by atoms with E-state index in [4.69, 9.17) is 19.9 Å². The highest BCUT2D eigenvalue weighted by atomic mass is 16.5. The lowest BCUT2D eigenvalue weighted by atomic mass is 9.84. The molecule has 0 spiro atoms. The second kappa shape index (κ2) is 7.86. The second-order valence-electron chi connectivity index (χ2n) is 7.29. The van der Waals surface area contributed by atoms with Gasteiger partial charge in [0, 0.05) is 50.4 Å². The first-order chi connectivity index (χ1) is 13.6. The molecule has 0 bridgehead atoms. The Morgan fingerprint density at radius 2 is 2.18 bits per heavy atom. The molecule has 9 nitrogen and oxygen atoms in total. The van der Waals surface area contributed by atoms with Gasteiger partial charge in [-0.1, -0.05) is 0 Å². The normalized spacial score (nSPS) is 22.1. The fourth-order valence-electron chi connectivity index (χ4n) is 3.81. The fraction of sp³-hybridized carbons (Fsp3) is 0.526. The molecule has 1 atom stereocenters. The molecule has 9 heteroatoms. The van der Waals surface area contributed by atoms with E-state index in [-0.39, 0.29) is 6.04 Å². The zero-order valence-corrected chi connectivity index (χ0v) is 15.9. The van der Waals surface area contributed by atoms with E-state index < -0.39 is 5.60 Å². The Hall–Kier alpha value is -2.49. The molecule has 4 N–H and O–H groups in total. The number of nitrogens with one attached hydrogen (secondary N) is 3. The number of hydrogen-bond acceptors (Lipinski definition) is 8. The van der Waals surface area contributed by atoms with E-state index in [1.54, 1.807) is 12.3 Å². The Balaban J connectivity index is 1.82. The van der Waals surface area contributed by atoms with Gasteiger partial charge in [-0.05, 0) is 18.6 Å². The first-order valence-corrected chi connectivity index (χ1v) is 9.57. The summed E-state index contributed by atoms with van der Waals surface area (Å²) in [5, 5.41) is 29.4. The van der Waals surface area contributed by atoms with Crippen LogP contribution in [0.2, 0.25) is 0 Å². The third-order valence-electron chi connectivity index (χ3n) is 5.43. The smallest absolute Gasteiger partial charge is 0.143 e. The molecule has 2 aliphatic heterocycles. The molecule has 2 fully saturated rings. The van der Waals surface area contributed by atoms with Crippen LogP contribution < -0.4 is 10.2 Å². The average molecular weight is 386 g/mol. The van der Waals surface area contributed by atoms with Crippen molar-refractivity contribution in [2.45, 2.75) is 31.4 Å². The van der Waals surface area contributed by atoms with Crippen LogP contribution in [0, 0.1) is 5.41 Å². The Morgan fingerprint density at radius 1 is 1.36 bits per heavy atom. The third kappa shape index (κ3) is 3.60. The third-order valence-corrected chi connectivity index (χ3v) is 5.43. The van der Waals surface area contributed by atoms with Crippen molar-refractivity contribution in [1.29, 1.82) is 5.41 Å². The van der Waals surface area contributed by atoms with Crippen molar-refractivity contribution in [3.05, 3.63) is 29.5 Å². The Labute approximate surface area is 163 Å². The van der Waals surface area contributed by atoms with Gasteiger partial charge in [0.15, 0.2) is 0 Å². The maximum absolute atomic E-state index is 11.4. The standard InChI is InChI=1S/C19H26N6O3/c1-13-12-28-9-6-25(13)17-10-15(19(26)3-7-27-8-4-19)14(11-20)18(23-17)22-16-2-5-21-24-16/h2,5,10-11,13,20,26H,3-4,6-9,12H2,1H3,(H2,21,22,23,24). The maximum Gasteiger partial charge on any atom is 0.143 e. The number of aromatic nitrogens is 3. The highest BCUT2D eigenvalue weighted by molar-refractivity contribution is 5.89. The summed E-state index contributed by atoms with van der Waals surface area (Å²) in [6.45, 7) is 5.06. The van der Waals surface area contributed by atoms with Crippen molar-refractivity contribution in [2.75, 3.05) is 43.2 Å². The van der Waals surface area contributed by atoms with Crippen molar-refractivity contribution in [3.63, 3.8) is 0 Å². The topological polar surface area (TPSA) is 119 Å². The number of nitrogens with zero attached hydrogens (tertiary/aromatic N) is 3. The summed E-state index contributed by atoms with van der Waals surface area (Å²) in [7, 11) is 0. The van der Waals surface area contributed by atoms with Crippen molar-refractivity contribution in [2.24, 2.45) is 0 Å². The number of ether oxygens (including phenoxy) is 2. The SMILES string of the molecule is CC1COCCN1c1cc(C2(O)CCOCC2)c(C=N)c(Nc2ccn[nH]2)n1. The average Bonchev–Trinajstić information content (AvgIpc) is 3.21. The zero-order chi connectivity index (χ0) is 19.6. The number of morpholine rings is 1. The minimum absolute atomic E-state index is 0.171. The van der Waals surface area contributed by atoms with Crippen LogP contribution in [0.15, 0.2) is 18.3 Å². The monoisotopic (exact) mass is 386 g/mol. The van der Waals surface area contributed by atoms with E-state index >= 15 is 0 Å². The molecule has 0 aliphatic carbocycles. The summed E-state index contributed by atoms with van der Waals surface area (Å²) in [6, 6.07) is 3.89. The van der Waals surface area contributed by atoms with E-state index in [2.05, 4.69) is 27.3 Å². The van der Waals surface area contributed by atoms with Gasteiger partial charge in [-0.3, -0.25) is 5.10 Å². The number of anilines is 3. The van der Waals surface area contributed by atoms with Crippen molar-refractivity contribution in [1.82, 2.24) is 15.2 Å². The molecule has 2 aromatic rings. The molecule has 0 aromatic carbocycles. The van der Waals surface area contributed by atoms with E-state index in [9.17, 15) is 5.11 Å². The van der Waals surface area contributed by atoms with Crippen molar-refractivity contribution in [3.8, 4) is 0 Å².